The van der Waals surface area contributed by atoms with Gasteiger partial charge >= 0.3 is 6.09 Å². The summed E-state index contributed by atoms with van der Waals surface area (Å²) in [6, 6.07) is 38.6. The summed E-state index contributed by atoms with van der Waals surface area (Å²) in [4.78, 5) is 13.5. The molecule has 1 N–H and O–H groups in total. The van der Waals surface area contributed by atoms with E-state index in [1.165, 1.54) is 10.4 Å². The highest BCUT2D eigenvalue weighted by Gasteiger charge is 2.49. The predicted molar refractivity (Wildman–Crippen MR) is 184 cm³/mol. The van der Waals surface area contributed by atoms with Crippen LogP contribution in [-0.2, 0) is 26.5 Å². The molecule has 4 aromatic rings. The normalized spacial score (nSPS) is 13.6. The van der Waals surface area contributed by atoms with Crippen LogP contribution in [0, 0.1) is 6.92 Å². The van der Waals surface area contributed by atoms with Crippen molar-refractivity contribution < 1.29 is 19.1 Å². The van der Waals surface area contributed by atoms with Gasteiger partial charge < -0.3 is 14.3 Å². The molecule has 0 spiro atoms. The van der Waals surface area contributed by atoms with Crippen molar-refractivity contribution in [2.24, 2.45) is 4.36 Å². The summed E-state index contributed by atoms with van der Waals surface area (Å²) in [5.41, 5.74) is 2.01. The summed E-state index contributed by atoms with van der Waals surface area (Å²) in [6.07, 6.45) is 2.99. The van der Waals surface area contributed by atoms with E-state index in [4.69, 9.17) is 9.16 Å². The van der Waals surface area contributed by atoms with Gasteiger partial charge in [-0.15, -0.1) is 4.36 Å². The number of hydrogen-bond acceptors (Lipinski definition) is 4. The van der Waals surface area contributed by atoms with Gasteiger partial charge in [0.05, 0.1) is 6.10 Å². The van der Waals surface area contributed by atoms with E-state index < -0.39 is 31.2 Å². The lowest BCUT2D eigenvalue weighted by atomic mass is 10.2. The fourth-order valence-corrected chi connectivity index (χ4v) is 11.3. The fraction of sp³-hybridized carbons (Fsp3) is 0.270. The number of aryl methyl sites for hydroxylation is 1. The van der Waals surface area contributed by atoms with Crippen LogP contribution in [0.3, 0.4) is 0 Å². The Labute approximate surface area is 265 Å². The minimum Gasteiger partial charge on any atom is -0.443 e. The summed E-state index contributed by atoms with van der Waals surface area (Å²) in [7, 11) is -3.49. The second kappa shape index (κ2) is 15.9. The third-order valence-electron chi connectivity index (χ3n) is 7.39. The number of aliphatic hydroxyl groups is 1. The number of hydrogen-bond donors (Lipinski definition) is 1. The standard InChI is InChI=1S/C37H43NO4SSi/c1-30-23-25-33(26-24-30)43(38-36(40)41-28-31-16-8-5-9-17-31)29-32(39)18-14-15-27-42-44(37(2,3)4,34-19-10-6-11-20-34)35-21-12-7-13-22-35/h5-14,16-26,32,39H,15,27-29H2,1-4H3/b18-14+/t32-,43-/m0/s1. The Kier molecular flexibility index (Phi) is 12.0. The number of amides is 1. The molecule has 1 amide bonds. The maximum absolute atomic E-state index is 12.7. The highest BCUT2D eigenvalue weighted by molar-refractivity contribution is 7.87. The van der Waals surface area contributed by atoms with E-state index in [-0.39, 0.29) is 17.4 Å². The molecular formula is C37H43NO4SSi. The number of ether oxygens (including phenoxy) is 1. The van der Waals surface area contributed by atoms with Crippen molar-refractivity contribution in [1.29, 1.82) is 0 Å². The minimum atomic E-state index is -2.61. The monoisotopic (exact) mass is 625 g/mol. The highest BCUT2D eigenvalue weighted by atomic mass is 32.2. The van der Waals surface area contributed by atoms with E-state index in [0.29, 0.717) is 13.0 Å². The van der Waals surface area contributed by atoms with Gasteiger partial charge in [0.1, 0.15) is 6.61 Å². The van der Waals surface area contributed by atoms with E-state index in [1.807, 2.05) is 79.7 Å². The first kappa shape index (κ1) is 33.3. The molecular weight excluding hydrogens is 583 g/mol. The van der Waals surface area contributed by atoms with Gasteiger partial charge in [0, 0.05) is 17.3 Å². The fourth-order valence-electron chi connectivity index (χ4n) is 5.23. The zero-order valence-corrected chi connectivity index (χ0v) is 27.9. The van der Waals surface area contributed by atoms with Crippen LogP contribution in [0.2, 0.25) is 5.04 Å². The van der Waals surface area contributed by atoms with Crippen LogP contribution in [0.1, 0.15) is 38.3 Å². The van der Waals surface area contributed by atoms with Gasteiger partial charge in [0.2, 0.25) is 0 Å². The Morgan fingerprint density at radius 2 is 1.41 bits per heavy atom. The van der Waals surface area contributed by atoms with Gasteiger partial charge in [-0.25, -0.2) is 4.79 Å². The Hall–Kier alpha value is -3.62. The first-order valence-corrected chi connectivity index (χ1v) is 18.2. The van der Waals surface area contributed by atoms with Crippen molar-refractivity contribution in [2.45, 2.75) is 56.8 Å². The van der Waals surface area contributed by atoms with Gasteiger partial charge in [0.15, 0.2) is 0 Å². The van der Waals surface area contributed by atoms with Crippen LogP contribution in [0.25, 0.3) is 0 Å². The lowest BCUT2D eigenvalue weighted by molar-refractivity contribution is 0.151. The van der Waals surface area contributed by atoms with Crippen LogP contribution in [0.15, 0.2) is 137 Å². The number of carbonyl (C=O) groups excluding carboxylic acids is 1. The van der Waals surface area contributed by atoms with E-state index in [9.17, 15) is 9.90 Å². The van der Waals surface area contributed by atoms with Crippen LogP contribution in [-0.4, -0.2) is 38.0 Å². The molecule has 4 aromatic carbocycles. The van der Waals surface area contributed by atoms with E-state index in [2.05, 4.69) is 73.7 Å². The first-order chi connectivity index (χ1) is 21.2. The van der Waals surface area contributed by atoms with Crippen molar-refractivity contribution in [3.05, 3.63) is 139 Å². The van der Waals surface area contributed by atoms with Crippen molar-refractivity contribution in [3.8, 4) is 0 Å². The molecule has 230 valence electrons. The second-order valence-corrected chi connectivity index (χ2v) is 17.8. The molecule has 0 saturated heterocycles. The van der Waals surface area contributed by atoms with Crippen molar-refractivity contribution in [3.63, 3.8) is 0 Å². The molecule has 4 rings (SSSR count). The van der Waals surface area contributed by atoms with Crippen molar-refractivity contribution in [1.82, 2.24) is 0 Å². The Bertz CT molecular complexity index is 1480. The Balaban J connectivity index is 1.44. The molecule has 0 bridgehead atoms. The van der Waals surface area contributed by atoms with Crippen LogP contribution >= 0.6 is 0 Å². The maximum Gasteiger partial charge on any atom is 0.440 e. The summed E-state index contributed by atoms with van der Waals surface area (Å²) >= 11 is 0. The lowest BCUT2D eigenvalue weighted by Gasteiger charge is -2.43. The van der Waals surface area contributed by atoms with E-state index >= 15 is 0 Å². The van der Waals surface area contributed by atoms with Crippen LogP contribution in [0.5, 0.6) is 0 Å². The quantitative estimate of drug-likeness (QED) is 0.101. The molecule has 0 aromatic heterocycles. The van der Waals surface area contributed by atoms with E-state index in [1.54, 1.807) is 6.08 Å². The third-order valence-corrected chi connectivity index (χ3v) is 14.3. The molecule has 0 aliphatic carbocycles. The average molecular weight is 626 g/mol. The molecule has 7 heteroatoms. The van der Waals surface area contributed by atoms with Crippen molar-refractivity contribution >= 4 is 35.5 Å². The summed E-state index contributed by atoms with van der Waals surface area (Å²) in [5, 5.41) is 13.4. The number of benzene rings is 4. The number of carbonyl (C=O) groups is 1. The molecule has 0 fully saturated rings. The van der Waals surface area contributed by atoms with Crippen LogP contribution < -0.4 is 10.4 Å². The van der Waals surface area contributed by atoms with Gasteiger partial charge in [-0.1, -0.05) is 152 Å². The summed E-state index contributed by atoms with van der Waals surface area (Å²) in [5.74, 6) is 0.287. The third kappa shape index (κ3) is 8.95. The minimum absolute atomic E-state index is 0.0993. The SMILES string of the molecule is Cc1ccc(/[S@](C[C@@H](O)/C=C/CCO[Si](c2ccccc2)(c2ccccc2)C(C)(C)C)=N/C(=O)OCc2ccccc2)cc1. The molecule has 5 nitrogen and oxygen atoms in total. The van der Waals surface area contributed by atoms with Gasteiger partial charge in [-0.05, 0) is 46.5 Å². The average Bonchev–Trinajstić information content (AvgIpc) is 3.02. The summed E-state index contributed by atoms with van der Waals surface area (Å²) in [6.45, 7) is 9.48. The van der Waals surface area contributed by atoms with E-state index in [0.717, 1.165) is 16.0 Å². The molecule has 0 aliphatic rings. The molecule has 0 aliphatic heterocycles. The van der Waals surface area contributed by atoms with Gasteiger partial charge in [0.25, 0.3) is 8.32 Å². The summed E-state index contributed by atoms with van der Waals surface area (Å²) < 4.78 is 16.7. The maximum atomic E-state index is 12.7. The molecule has 0 unspecified atom stereocenters. The molecule has 44 heavy (non-hydrogen) atoms. The largest absolute Gasteiger partial charge is 0.443 e. The zero-order valence-electron chi connectivity index (χ0n) is 26.1. The number of aliphatic hydroxyl groups excluding tert-OH is 1. The predicted octanol–water partition coefficient (Wildman–Crippen LogP) is 7.38. The Morgan fingerprint density at radius 1 is 0.864 bits per heavy atom. The Morgan fingerprint density at radius 3 is 1.95 bits per heavy atom. The van der Waals surface area contributed by atoms with Gasteiger partial charge in [-0.2, -0.15) is 0 Å². The molecule has 0 heterocycles. The second-order valence-electron chi connectivity index (χ2n) is 11.8. The molecule has 0 saturated carbocycles. The topological polar surface area (TPSA) is 68.1 Å². The highest BCUT2D eigenvalue weighted by Crippen LogP contribution is 2.36. The smallest absolute Gasteiger partial charge is 0.440 e. The lowest BCUT2D eigenvalue weighted by Crippen LogP contribution is -2.66. The number of rotatable bonds is 12. The molecule has 2 atom stereocenters. The first-order valence-electron chi connectivity index (χ1n) is 15.0. The zero-order chi connectivity index (χ0) is 31.4. The van der Waals surface area contributed by atoms with Gasteiger partial charge in [-0.3, -0.25) is 0 Å². The molecule has 0 radical (unpaired) electrons. The number of nitrogens with zero attached hydrogens (tertiary/aromatic N) is 1. The van der Waals surface area contributed by atoms with Crippen molar-refractivity contribution in [2.75, 3.05) is 12.4 Å². The van der Waals surface area contributed by atoms with Crippen LogP contribution in [0.4, 0.5) is 4.79 Å².